The fraction of sp³-hybridized carbons (Fsp3) is 0.120. The van der Waals surface area contributed by atoms with Crippen LogP contribution in [-0.4, -0.2) is 29.2 Å². The van der Waals surface area contributed by atoms with E-state index in [1.807, 2.05) is 0 Å². The molecule has 33 heavy (non-hydrogen) atoms. The van der Waals surface area contributed by atoms with Gasteiger partial charge >= 0.3 is 0 Å². The van der Waals surface area contributed by atoms with Crippen LogP contribution >= 0.6 is 11.8 Å². The Bertz CT molecular complexity index is 1160. The second kappa shape index (κ2) is 10.3. The Morgan fingerprint density at radius 3 is 2.03 bits per heavy atom. The summed E-state index contributed by atoms with van der Waals surface area (Å²) in [6.45, 7) is 0.505. The largest absolute Gasteiger partial charge is 0.492 e. The van der Waals surface area contributed by atoms with E-state index in [0.717, 1.165) is 27.8 Å². The number of amides is 2. The number of halogens is 2. The van der Waals surface area contributed by atoms with Gasteiger partial charge in [-0.05, 0) is 77.5 Å². The fourth-order valence-corrected chi connectivity index (χ4v) is 3.90. The molecular weight excluding hydrogens is 448 g/mol. The first-order valence-corrected chi connectivity index (χ1v) is 10.9. The molecule has 1 aliphatic rings. The van der Waals surface area contributed by atoms with Gasteiger partial charge in [0.1, 0.15) is 36.3 Å². The van der Waals surface area contributed by atoms with Crippen LogP contribution in [0.15, 0.2) is 77.7 Å². The molecule has 1 saturated heterocycles. The molecule has 168 valence electrons. The fourth-order valence-electron chi connectivity index (χ4n) is 3.04. The van der Waals surface area contributed by atoms with Crippen LogP contribution in [0.4, 0.5) is 13.6 Å². The Balaban J connectivity index is 1.31. The quantitative estimate of drug-likeness (QED) is 0.400. The maximum atomic E-state index is 13.0. The maximum absolute atomic E-state index is 13.0. The number of carbonyl (C=O) groups excluding carboxylic acids is 2. The van der Waals surface area contributed by atoms with Gasteiger partial charge in [0.05, 0.1) is 11.4 Å². The summed E-state index contributed by atoms with van der Waals surface area (Å²) < 4.78 is 37.1. The SMILES string of the molecule is O=C1S/C(=C\c2ccc(OCc3ccc(F)cc3)cc2)C(=O)N1CCOc1ccc(F)cc1. The summed E-state index contributed by atoms with van der Waals surface area (Å²) in [5.41, 5.74) is 1.59. The molecule has 0 aromatic heterocycles. The normalized spacial score (nSPS) is 14.7. The molecule has 2 amide bonds. The number of carbonyl (C=O) groups is 2. The summed E-state index contributed by atoms with van der Waals surface area (Å²) in [5, 5.41) is -0.367. The molecule has 0 saturated carbocycles. The van der Waals surface area contributed by atoms with E-state index in [2.05, 4.69) is 0 Å². The maximum Gasteiger partial charge on any atom is 0.293 e. The van der Waals surface area contributed by atoms with E-state index in [0.29, 0.717) is 23.0 Å². The Hall–Kier alpha value is -3.65. The highest BCUT2D eigenvalue weighted by Gasteiger charge is 2.34. The van der Waals surface area contributed by atoms with E-state index in [1.54, 1.807) is 42.5 Å². The van der Waals surface area contributed by atoms with Crippen LogP contribution in [0.25, 0.3) is 6.08 Å². The van der Waals surface area contributed by atoms with Gasteiger partial charge in [-0.15, -0.1) is 0 Å². The Morgan fingerprint density at radius 1 is 0.788 bits per heavy atom. The van der Waals surface area contributed by atoms with Gasteiger partial charge in [0.2, 0.25) is 0 Å². The van der Waals surface area contributed by atoms with E-state index >= 15 is 0 Å². The third kappa shape index (κ3) is 5.98. The van der Waals surface area contributed by atoms with Crippen molar-refractivity contribution in [2.75, 3.05) is 13.2 Å². The summed E-state index contributed by atoms with van der Waals surface area (Å²) in [6.07, 6.45) is 1.65. The van der Waals surface area contributed by atoms with E-state index in [1.165, 1.54) is 36.4 Å². The first-order chi connectivity index (χ1) is 16.0. The van der Waals surface area contributed by atoms with E-state index in [4.69, 9.17) is 9.47 Å². The predicted molar refractivity (Wildman–Crippen MR) is 122 cm³/mol. The number of nitrogens with zero attached hydrogens (tertiary/aromatic N) is 1. The van der Waals surface area contributed by atoms with Gasteiger partial charge in [-0.25, -0.2) is 8.78 Å². The lowest BCUT2D eigenvalue weighted by molar-refractivity contribution is -0.123. The molecule has 1 heterocycles. The second-order valence-electron chi connectivity index (χ2n) is 7.12. The van der Waals surface area contributed by atoms with Crippen molar-refractivity contribution in [3.63, 3.8) is 0 Å². The lowest BCUT2D eigenvalue weighted by atomic mass is 10.2. The predicted octanol–water partition coefficient (Wildman–Crippen LogP) is 5.66. The smallest absolute Gasteiger partial charge is 0.293 e. The van der Waals surface area contributed by atoms with Crippen molar-refractivity contribution in [2.24, 2.45) is 0 Å². The molecule has 0 unspecified atom stereocenters. The Morgan fingerprint density at radius 2 is 1.36 bits per heavy atom. The standard InChI is InChI=1S/C25H19F2NO4S/c26-19-5-1-18(2-6-19)16-32-22-9-3-17(4-10-22)15-23-24(29)28(25(30)33-23)13-14-31-21-11-7-20(27)8-12-21/h1-12,15H,13-14,16H2/b23-15-. The van der Waals surface area contributed by atoms with Gasteiger partial charge < -0.3 is 9.47 Å². The molecule has 0 radical (unpaired) electrons. The minimum absolute atomic E-state index is 0.0928. The molecule has 8 heteroatoms. The zero-order chi connectivity index (χ0) is 23.2. The minimum Gasteiger partial charge on any atom is -0.492 e. The average molecular weight is 467 g/mol. The second-order valence-corrected chi connectivity index (χ2v) is 8.11. The molecule has 3 aromatic rings. The van der Waals surface area contributed by atoms with Crippen molar-refractivity contribution in [1.29, 1.82) is 0 Å². The third-order valence-corrected chi connectivity index (χ3v) is 5.67. The van der Waals surface area contributed by atoms with Gasteiger partial charge in [-0.3, -0.25) is 14.5 Å². The van der Waals surface area contributed by atoms with Gasteiger partial charge in [0, 0.05) is 0 Å². The molecule has 5 nitrogen and oxygen atoms in total. The summed E-state index contributed by atoms with van der Waals surface area (Å²) in [6, 6.07) is 18.7. The van der Waals surface area contributed by atoms with Gasteiger partial charge in [-0.2, -0.15) is 0 Å². The van der Waals surface area contributed by atoms with Crippen molar-refractivity contribution in [3.05, 3.63) is 100 Å². The lowest BCUT2D eigenvalue weighted by Gasteiger charge is -2.13. The first-order valence-electron chi connectivity index (χ1n) is 10.1. The monoisotopic (exact) mass is 467 g/mol. The number of benzene rings is 3. The Labute approximate surface area is 193 Å². The first kappa shape index (κ1) is 22.5. The average Bonchev–Trinajstić information content (AvgIpc) is 3.08. The van der Waals surface area contributed by atoms with Crippen molar-refractivity contribution < 1.29 is 27.8 Å². The van der Waals surface area contributed by atoms with Crippen molar-refractivity contribution in [1.82, 2.24) is 4.90 Å². The zero-order valence-electron chi connectivity index (χ0n) is 17.4. The summed E-state index contributed by atoms with van der Waals surface area (Å²) >= 11 is 0.869. The number of hydrogen-bond acceptors (Lipinski definition) is 5. The highest BCUT2D eigenvalue weighted by molar-refractivity contribution is 8.18. The van der Waals surface area contributed by atoms with Crippen molar-refractivity contribution >= 4 is 29.0 Å². The molecule has 4 rings (SSSR count). The van der Waals surface area contributed by atoms with Crippen LogP contribution in [0.1, 0.15) is 11.1 Å². The van der Waals surface area contributed by atoms with Gasteiger partial charge in [-0.1, -0.05) is 24.3 Å². The van der Waals surface area contributed by atoms with E-state index in [9.17, 15) is 18.4 Å². The number of ether oxygens (including phenoxy) is 2. The summed E-state index contributed by atoms with van der Waals surface area (Å²) in [5.74, 6) is 0.0336. The highest BCUT2D eigenvalue weighted by Crippen LogP contribution is 2.32. The third-order valence-electron chi connectivity index (χ3n) is 4.77. The number of hydrogen-bond donors (Lipinski definition) is 0. The lowest BCUT2D eigenvalue weighted by Crippen LogP contribution is -2.32. The molecule has 1 aliphatic heterocycles. The van der Waals surface area contributed by atoms with Crippen molar-refractivity contribution in [3.8, 4) is 11.5 Å². The van der Waals surface area contributed by atoms with Gasteiger partial charge in [0.25, 0.3) is 11.1 Å². The number of thioether (sulfide) groups is 1. The van der Waals surface area contributed by atoms with Crippen LogP contribution < -0.4 is 9.47 Å². The topological polar surface area (TPSA) is 55.8 Å². The number of rotatable bonds is 8. The van der Waals surface area contributed by atoms with E-state index < -0.39 is 0 Å². The molecule has 0 bridgehead atoms. The molecule has 3 aromatic carbocycles. The van der Waals surface area contributed by atoms with Crippen LogP contribution in [-0.2, 0) is 11.4 Å². The van der Waals surface area contributed by atoms with Crippen LogP contribution in [0.5, 0.6) is 11.5 Å². The Kier molecular flexibility index (Phi) is 7.04. The van der Waals surface area contributed by atoms with Crippen LogP contribution in [0.3, 0.4) is 0 Å². The molecule has 0 aliphatic carbocycles. The van der Waals surface area contributed by atoms with Crippen LogP contribution in [0, 0.1) is 11.6 Å². The van der Waals surface area contributed by atoms with Gasteiger partial charge in [0.15, 0.2) is 0 Å². The highest BCUT2D eigenvalue weighted by atomic mass is 32.2. The zero-order valence-corrected chi connectivity index (χ0v) is 18.2. The van der Waals surface area contributed by atoms with E-state index in [-0.39, 0.29) is 35.9 Å². The molecule has 0 N–H and O–H groups in total. The molecule has 1 fully saturated rings. The summed E-state index contributed by atoms with van der Waals surface area (Å²) in [4.78, 5) is 26.3. The molecule has 0 spiro atoms. The molecule has 0 atom stereocenters. The van der Waals surface area contributed by atoms with Crippen molar-refractivity contribution in [2.45, 2.75) is 6.61 Å². The number of imide groups is 1. The summed E-state index contributed by atoms with van der Waals surface area (Å²) in [7, 11) is 0. The van der Waals surface area contributed by atoms with Crippen LogP contribution in [0.2, 0.25) is 0 Å². The molecular formula is C25H19F2NO4S. The minimum atomic E-state index is -0.385.